The summed E-state index contributed by atoms with van der Waals surface area (Å²) in [4.78, 5) is 32.3. The van der Waals surface area contributed by atoms with Crippen LogP contribution in [0.25, 0.3) is 11.2 Å². The third-order valence-corrected chi connectivity index (χ3v) is 5.94. The standard InChI is InChI=1S/C25H24N8O3/c1-15-8-18(10-26)27-12-20(15)36-22-9-19(23-24(31-22)32(3)14-29-23)30-21-5-4-17(11-28-21)25(34)33-6-7-35-13-16(33)2/h4-5,8-9,11-12,14,16H,6-7,13H2,1-3H3,(H,28,30,31)/t16-/m0/s1. The second-order valence-corrected chi connectivity index (χ2v) is 8.56. The number of pyridine rings is 3. The summed E-state index contributed by atoms with van der Waals surface area (Å²) in [6.07, 6.45) is 4.73. The number of hydrogen-bond donors (Lipinski definition) is 1. The van der Waals surface area contributed by atoms with Gasteiger partial charge in [-0.3, -0.25) is 4.79 Å². The summed E-state index contributed by atoms with van der Waals surface area (Å²) < 4.78 is 13.2. The molecule has 5 heterocycles. The number of anilines is 2. The summed E-state index contributed by atoms with van der Waals surface area (Å²) in [5, 5.41) is 12.3. The molecule has 1 fully saturated rings. The largest absolute Gasteiger partial charge is 0.437 e. The number of aryl methyl sites for hydroxylation is 2. The number of fused-ring (bicyclic) bond motifs is 1. The van der Waals surface area contributed by atoms with E-state index in [0.29, 0.717) is 65.3 Å². The van der Waals surface area contributed by atoms with Gasteiger partial charge in [-0.1, -0.05) is 0 Å². The van der Waals surface area contributed by atoms with E-state index in [1.165, 1.54) is 6.20 Å². The second-order valence-electron chi connectivity index (χ2n) is 8.56. The van der Waals surface area contributed by atoms with Crippen LogP contribution in [0, 0.1) is 18.3 Å². The van der Waals surface area contributed by atoms with E-state index in [0.717, 1.165) is 5.56 Å². The van der Waals surface area contributed by atoms with Crippen LogP contribution in [0.5, 0.6) is 11.6 Å². The lowest BCUT2D eigenvalue weighted by Gasteiger charge is -2.33. The average Bonchev–Trinajstić information content (AvgIpc) is 3.26. The van der Waals surface area contributed by atoms with Gasteiger partial charge in [0.25, 0.3) is 5.91 Å². The third-order valence-electron chi connectivity index (χ3n) is 5.94. The van der Waals surface area contributed by atoms with Gasteiger partial charge in [0.1, 0.15) is 23.1 Å². The highest BCUT2D eigenvalue weighted by atomic mass is 16.5. The molecule has 1 aliphatic rings. The molecule has 4 aromatic heterocycles. The van der Waals surface area contributed by atoms with Crippen LogP contribution in [-0.4, -0.2) is 61.1 Å². The number of nitrogens with zero attached hydrogens (tertiary/aromatic N) is 7. The van der Waals surface area contributed by atoms with Gasteiger partial charge < -0.3 is 24.3 Å². The van der Waals surface area contributed by atoms with Crippen molar-refractivity contribution in [2.24, 2.45) is 7.05 Å². The van der Waals surface area contributed by atoms with Crippen molar-refractivity contribution in [1.29, 1.82) is 5.26 Å². The molecule has 1 saturated heterocycles. The van der Waals surface area contributed by atoms with E-state index in [1.807, 2.05) is 27.0 Å². The summed E-state index contributed by atoms with van der Waals surface area (Å²) in [5.74, 6) is 1.30. The molecule has 1 aliphatic heterocycles. The Morgan fingerprint density at radius 2 is 2.11 bits per heavy atom. The zero-order chi connectivity index (χ0) is 25.2. The molecule has 11 nitrogen and oxygen atoms in total. The maximum atomic E-state index is 12.9. The number of rotatable bonds is 5. The molecular weight excluding hydrogens is 460 g/mol. The Morgan fingerprint density at radius 1 is 1.25 bits per heavy atom. The Balaban J connectivity index is 1.41. The molecule has 0 spiro atoms. The van der Waals surface area contributed by atoms with Gasteiger partial charge in [0.2, 0.25) is 5.88 Å². The topological polar surface area (TPSA) is 131 Å². The van der Waals surface area contributed by atoms with Crippen molar-refractivity contribution in [3.63, 3.8) is 0 Å². The van der Waals surface area contributed by atoms with E-state index < -0.39 is 0 Å². The zero-order valence-electron chi connectivity index (χ0n) is 20.1. The van der Waals surface area contributed by atoms with E-state index in [9.17, 15) is 4.79 Å². The number of hydrogen-bond acceptors (Lipinski definition) is 9. The van der Waals surface area contributed by atoms with Gasteiger partial charge in [0, 0.05) is 25.9 Å². The van der Waals surface area contributed by atoms with Gasteiger partial charge in [-0.25, -0.2) is 15.0 Å². The molecule has 182 valence electrons. The van der Waals surface area contributed by atoms with Crippen molar-refractivity contribution in [1.82, 2.24) is 29.4 Å². The SMILES string of the molecule is Cc1cc(C#N)ncc1Oc1cc(Nc2ccc(C(=O)N3CCOC[C@@H]3C)cn2)c2ncn(C)c2n1. The maximum Gasteiger partial charge on any atom is 0.255 e. The monoisotopic (exact) mass is 484 g/mol. The minimum absolute atomic E-state index is 0.0201. The summed E-state index contributed by atoms with van der Waals surface area (Å²) in [5.41, 5.74) is 3.49. The van der Waals surface area contributed by atoms with Gasteiger partial charge in [-0.15, -0.1) is 0 Å². The number of carbonyl (C=O) groups is 1. The lowest BCUT2D eigenvalue weighted by molar-refractivity contribution is 0.00357. The first-order chi connectivity index (χ1) is 17.4. The number of nitrogens with one attached hydrogen (secondary N) is 1. The van der Waals surface area contributed by atoms with Gasteiger partial charge in [-0.2, -0.15) is 10.2 Å². The van der Waals surface area contributed by atoms with E-state index in [1.54, 1.807) is 46.3 Å². The normalized spacial score (nSPS) is 15.5. The number of amides is 1. The molecule has 4 aromatic rings. The molecule has 0 aromatic carbocycles. The second kappa shape index (κ2) is 9.59. The third kappa shape index (κ3) is 4.54. The molecule has 5 rings (SSSR count). The van der Waals surface area contributed by atoms with Crippen molar-refractivity contribution >= 4 is 28.6 Å². The van der Waals surface area contributed by atoms with E-state index in [2.05, 4.69) is 25.3 Å². The number of aromatic nitrogens is 5. The molecule has 36 heavy (non-hydrogen) atoms. The first-order valence-corrected chi connectivity index (χ1v) is 11.4. The minimum atomic E-state index is -0.0667. The van der Waals surface area contributed by atoms with Crippen LogP contribution in [-0.2, 0) is 11.8 Å². The minimum Gasteiger partial charge on any atom is -0.437 e. The first kappa shape index (κ1) is 23.2. The Hall–Kier alpha value is -4.56. The van der Waals surface area contributed by atoms with E-state index in [4.69, 9.17) is 14.7 Å². The number of ether oxygens (including phenoxy) is 2. The number of morpholine rings is 1. The fourth-order valence-electron chi connectivity index (χ4n) is 3.97. The summed E-state index contributed by atoms with van der Waals surface area (Å²) in [6, 6.07) is 8.92. The fraction of sp³-hybridized carbons (Fsp3) is 0.280. The Morgan fingerprint density at radius 3 is 2.83 bits per heavy atom. The molecule has 1 atom stereocenters. The van der Waals surface area contributed by atoms with Crippen LogP contribution in [0.4, 0.5) is 11.5 Å². The van der Waals surface area contributed by atoms with Crippen molar-refractivity contribution in [2.45, 2.75) is 19.9 Å². The number of imidazole rings is 1. The van der Waals surface area contributed by atoms with E-state index >= 15 is 0 Å². The summed E-state index contributed by atoms with van der Waals surface area (Å²) >= 11 is 0. The van der Waals surface area contributed by atoms with Crippen LogP contribution in [0.15, 0.2) is 43.0 Å². The summed E-state index contributed by atoms with van der Waals surface area (Å²) in [7, 11) is 1.84. The molecule has 0 bridgehead atoms. The lowest BCUT2D eigenvalue weighted by atomic mass is 10.2. The number of carbonyl (C=O) groups excluding carboxylic acids is 1. The summed E-state index contributed by atoms with van der Waals surface area (Å²) in [6.45, 7) is 5.43. The van der Waals surface area contributed by atoms with Crippen LogP contribution in [0.2, 0.25) is 0 Å². The van der Waals surface area contributed by atoms with Crippen LogP contribution in [0.3, 0.4) is 0 Å². The molecule has 0 unspecified atom stereocenters. The van der Waals surface area contributed by atoms with Gasteiger partial charge >= 0.3 is 0 Å². The van der Waals surface area contributed by atoms with Gasteiger partial charge in [0.15, 0.2) is 11.4 Å². The first-order valence-electron chi connectivity index (χ1n) is 11.4. The maximum absolute atomic E-state index is 12.9. The molecule has 1 N–H and O–H groups in total. The highest BCUT2D eigenvalue weighted by molar-refractivity contribution is 5.94. The molecule has 0 radical (unpaired) electrons. The zero-order valence-corrected chi connectivity index (χ0v) is 20.1. The highest BCUT2D eigenvalue weighted by Crippen LogP contribution is 2.31. The quantitative estimate of drug-likeness (QED) is 0.453. The highest BCUT2D eigenvalue weighted by Gasteiger charge is 2.25. The molecular formula is C25H24N8O3. The van der Waals surface area contributed by atoms with E-state index in [-0.39, 0.29) is 11.9 Å². The Labute approximate surface area is 207 Å². The van der Waals surface area contributed by atoms with Crippen molar-refractivity contribution in [2.75, 3.05) is 25.1 Å². The fourth-order valence-corrected chi connectivity index (χ4v) is 3.97. The van der Waals surface area contributed by atoms with Crippen molar-refractivity contribution in [3.05, 3.63) is 59.8 Å². The van der Waals surface area contributed by atoms with Crippen molar-refractivity contribution in [3.8, 4) is 17.7 Å². The van der Waals surface area contributed by atoms with Crippen LogP contribution >= 0.6 is 0 Å². The van der Waals surface area contributed by atoms with Crippen LogP contribution in [0.1, 0.15) is 28.5 Å². The predicted molar refractivity (Wildman–Crippen MR) is 131 cm³/mol. The smallest absolute Gasteiger partial charge is 0.255 e. The molecule has 0 saturated carbocycles. The average molecular weight is 485 g/mol. The Kier molecular flexibility index (Phi) is 6.18. The number of nitriles is 1. The predicted octanol–water partition coefficient (Wildman–Crippen LogP) is 3.34. The van der Waals surface area contributed by atoms with Crippen molar-refractivity contribution < 1.29 is 14.3 Å². The van der Waals surface area contributed by atoms with Gasteiger partial charge in [0.05, 0.1) is 43.0 Å². The Bertz CT molecular complexity index is 1480. The lowest BCUT2D eigenvalue weighted by Crippen LogP contribution is -2.47. The molecule has 11 heteroatoms. The molecule has 0 aliphatic carbocycles. The van der Waals surface area contributed by atoms with Crippen LogP contribution < -0.4 is 10.1 Å². The van der Waals surface area contributed by atoms with Gasteiger partial charge in [-0.05, 0) is 37.6 Å². The molecule has 1 amide bonds.